The van der Waals surface area contributed by atoms with Crippen LogP contribution in [0.25, 0.3) is 0 Å². The highest BCUT2D eigenvalue weighted by Gasteiger charge is 2.32. The third kappa shape index (κ3) is 3.32. The Labute approximate surface area is 151 Å². The van der Waals surface area contributed by atoms with Gasteiger partial charge in [0.15, 0.2) is 0 Å². The second-order valence-electron chi connectivity index (χ2n) is 5.77. The van der Waals surface area contributed by atoms with Crippen molar-refractivity contribution in [1.82, 2.24) is 0 Å². The quantitative estimate of drug-likeness (QED) is 0.881. The molecule has 0 saturated carbocycles. The number of para-hydroxylation sites is 1. The maximum Gasteiger partial charge on any atom is 0.337 e. The number of nitrogens with zero attached hydrogens (tertiary/aromatic N) is 1. The lowest BCUT2D eigenvalue weighted by atomic mass is 10.1. The summed E-state index contributed by atoms with van der Waals surface area (Å²) in [7, 11) is -2.47. The number of anilines is 1. The number of methoxy groups -OCH3 is 1. The Morgan fingerprint density at radius 2 is 1.88 bits per heavy atom. The molecule has 0 spiro atoms. The topological polar surface area (TPSA) is 93.1 Å². The molecule has 0 aromatic heterocycles. The SMILES string of the molecule is COc1ccc(S(=O)(=O)N2CCCCOc3cccc(C(=O)O)c32)cc1. The number of rotatable bonds is 4. The number of sulfonamides is 1. The lowest BCUT2D eigenvalue weighted by Gasteiger charge is -2.29. The van der Waals surface area contributed by atoms with E-state index in [0.29, 0.717) is 25.2 Å². The zero-order valence-electron chi connectivity index (χ0n) is 14.2. The number of ether oxygens (including phenoxy) is 2. The molecular weight excluding hydrogens is 358 g/mol. The zero-order chi connectivity index (χ0) is 18.7. The fourth-order valence-electron chi connectivity index (χ4n) is 2.84. The van der Waals surface area contributed by atoms with Crippen LogP contribution in [0.3, 0.4) is 0 Å². The monoisotopic (exact) mass is 377 g/mol. The van der Waals surface area contributed by atoms with E-state index in [1.165, 1.54) is 25.3 Å². The Kier molecular flexibility index (Phi) is 5.03. The predicted molar refractivity (Wildman–Crippen MR) is 95.7 cm³/mol. The predicted octanol–water partition coefficient (Wildman–Crippen LogP) is 2.76. The Bertz CT molecular complexity index is 908. The summed E-state index contributed by atoms with van der Waals surface area (Å²) in [4.78, 5) is 11.7. The maximum atomic E-state index is 13.2. The summed E-state index contributed by atoms with van der Waals surface area (Å²) in [6.07, 6.45) is 1.23. The summed E-state index contributed by atoms with van der Waals surface area (Å²) in [5, 5.41) is 9.53. The second-order valence-corrected chi connectivity index (χ2v) is 7.63. The molecule has 8 heteroatoms. The number of carbonyl (C=O) groups is 1. The van der Waals surface area contributed by atoms with E-state index in [9.17, 15) is 18.3 Å². The first-order valence-electron chi connectivity index (χ1n) is 8.11. The van der Waals surface area contributed by atoms with Crippen LogP contribution in [0.5, 0.6) is 11.5 Å². The number of carboxylic acids is 1. The summed E-state index contributed by atoms with van der Waals surface area (Å²) < 4.78 is 38.3. The van der Waals surface area contributed by atoms with E-state index in [2.05, 4.69) is 0 Å². The fourth-order valence-corrected chi connectivity index (χ4v) is 4.37. The molecule has 0 unspecified atom stereocenters. The molecule has 1 aliphatic heterocycles. The molecule has 0 saturated heterocycles. The molecule has 26 heavy (non-hydrogen) atoms. The van der Waals surface area contributed by atoms with Crippen LogP contribution in [0, 0.1) is 0 Å². The van der Waals surface area contributed by atoms with Crippen molar-refractivity contribution in [2.75, 3.05) is 24.6 Å². The van der Waals surface area contributed by atoms with E-state index in [0.717, 1.165) is 4.31 Å². The van der Waals surface area contributed by atoms with E-state index in [-0.39, 0.29) is 28.4 Å². The van der Waals surface area contributed by atoms with Crippen LogP contribution >= 0.6 is 0 Å². The number of fused-ring (bicyclic) bond motifs is 1. The van der Waals surface area contributed by atoms with Gasteiger partial charge >= 0.3 is 5.97 Å². The molecule has 0 bridgehead atoms. The summed E-state index contributed by atoms with van der Waals surface area (Å²) in [6, 6.07) is 10.5. The average molecular weight is 377 g/mol. The Morgan fingerprint density at radius 1 is 1.15 bits per heavy atom. The van der Waals surface area contributed by atoms with Gasteiger partial charge in [-0.05, 0) is 49.2 Å². The molecule has 0 atom stereocenters. The van der Waals surface area contributed by atoms with Gasteiger partial charge in [-0.2, -0.15) is 0 Å². The van der Waals surface area contributed by atoms with Gasteiger partial charge in [0.2, 0.25) is 0 Å². The molecular formula is C18H19NO6S. The lowest BCUT2D eigenvalue weighted by molar-refractivity contribution is 0.0697. The first kappa shape index (κ1) is 18.1. The Morgan fingerprint density at radius 3 is 2.54 bits per heavy atom. The van der Waals surface area contributed by atoms with Gasteiger partial charge in [0.05, 0.1) is 24.2 Å². The molecule has 0 aliphatic carbocycles. The van der Waals surface area contributed by atoms with Gasteiger partial charge in [-0.25, -0.2) is 13.2 Å². The van der Waals surface area contributed by atoms with Gasteiger partial charge in [0, 0.05) is 6.54 Å². The van der Waals surface area contributed by atoms with Crippen molar-refractivity contribution in [2.24, 2.45) is 0 Å². The number of benzene rings is 2. The molecule has 138 valence electrons. The molecule has 0 amide bonds. The highest BCUT2D eigenvalue weighted by Crippen LogP contribution is 2.37. The highest BCUT2D eigenvalue weighted by atomic mass is 32.2. The van der Waals surface area contributed by atoms with Crippen molar-refractivity contribution < 1.29 is 27.8 Å². The minimum atomic E-state index is -3.96. The van der Waals surface area contributed by atoms with Crippen molar-refractivity contribution in [1.29, 1.82) is 0 Å². The van der Waals surface area contributed by atoms with Crippen LogP contribution in [0.4, 0.5) is 5.69 Å². The lowest BCUT2D eigenvalue weighted by Crippen LogP contribution is -2.35. The second kappa shape index (κ2) is 7.25. The molecule has 0 radical (unpaired) electrons. The van der Waals surface area contributed by atoms with Crippen molar-refractivity contribution in [3.05, 3.63) is 48.0 Å². The van der Waals surface area contributed by atoms with E-state index in [4.69, 9.17) is 9.47 Å². The van der Waals surface area contributed by atoms with E-state index < -0.39 is 16.0 Å². The first-order valence-corrected chi connectivity index (χ1v) is 9.55. The minimum Gasteiger partial charge on any atom is -0.497 e. The molecule has 1 aliphatic rings. The summed E-state index contributed by atoms with van der Waals surface area (Å²) in [6.45, 7) is 0.585. The smallest absolute Gasteiger partial charge is 0.337 e. The third-order valence-electron chi connectivity index (χ3n) is 4.14. The van der Waals surface area contributed by atoms with Gasteiger partial charge < -0.3 is 14.6 Å². The third-order valence-corrected chi connectivity index (χ3v) is 5.95. The molecule has 1 N–H and O–H groups in total. The largest absolute Gasteiger partial charge is 0.497 e. The summed E-state index contributed by atoms with van der Waals surface area (Å²) in [5.41, 5.74) is -0.0444. The van der Waals surface area contributed by atoms with Crippen molar-refractivity contribution in [3.63, 3.8) is 0 Å². The van der Waals surface area contributed by atoms with Crippen LogP contribution < -0.4 is 13.8 Å². The van der Waals surface area contributed by atoms with Gasteiger partial charge in [-0.3, -0.25) is 4.31 Å². The van der Waals surface area contributed by atoms with Gasteiger partial charge in [-0.1, -0.05) is 6.07 Å². The molecule has 7 nitrogen and oxygen atoms in total. The van der Waals surface area contributed by atoms with Crippen molar-refractivity contribution >= 4 is 21.7 Å². The number of hydrogen-bond acceptors (Lipinski definition) is 5. The summed E-state index contributed by atoms with van der Waals surface area (Å²) in [5.74, 6) is -0.422. The molecule has 2 aromatic rings. The first-order chi connectivity index (χ1) is 12.4. The molecule has 3 rings (SSSR count). The fraction of sp³-hybridized carbons (Fsp3) is 0.278. The average Bonchev–Trinajstić information content (AvgIpc) is 2.61. The number of aromatic carboxylic acids is 1. The van der Waals surface area contributed by atoms with Crippen molar-refractivity contribution in [2.45, 2.75) is 17.7 Å². The van der Waals surface area contributed by atoms with Gasteiger partial charge in [0.1, 0.15) is 17.2 Å². The molecule has 1 heterocycles. The van der Waals surface area contributed by atoms with E-state index in [1.54, 1.807) is 24.3 Å². The van der Waals surface area contributed by atoms with Crippen LogP contribution in [0.15, 0.2) is 47.4 Å². The Balaban J connectivity index is 2.16. The van der Waals surface area contributed by atoms with Crippen LogP contribution in [0.1, 0.15) is 23.2 Å². The standard InChI is InChI=1S/C18H19NO6S/c1-24-13-7-9-14(10-8-13)26(22,23)19-11-2-3-12-25-16-6-4-5-15(17(16)19)18(20)21/h4-10H,2-3,11-12H2,1H3,(H,20,21). The molecule has 0 fully saturated rings. The molecule has 2 aromatic carbocycles. The summed E-state index contributed by atoms with van der Waals surface area (Å²) >= 11 is 0. The number of hydrogen-bond donors (Lipinski definition) is 1. The Hall–Kier alpha value is -2.74. The van der Waals surface area contributed by atoms with E-state index in [1.807, 2.05) is 0 Å². The highest BCUT2D eigenvalue weighted by molar-refractivity contribution is 7.92. The van der Waals surface area contributed by atoms with E-state index >= 15 is 0 Å². The normalized spacial score (nSPS) is 14.6. The van der Waals surface area contributed by atoms with Crippen molar-refractivity contribution in [3.8, 4) is 11.5 Å². The van der Waals surface area contributed by atoms with Crippen LogP contribution in [-0.2, 0) is 10.0 Å². The zero-order valence-corrected chi connectivity index (χ0v) is 15.0. The minimum absolute atomic E-state index is 0.0602. The van der Waals surface area contributed by atoms with Crippen LogP contribution in [-0.4, -0.2) is 39.8 Å². The maximum absolute atomic E-state index is 13.2. The van der Waals surface area contributed by atoms with Gasteiger partial charge in [0.25, 0.3) is 10.0 Å². The van der Waals surface area contributed by atoms with Gasteiger partial charge in [-0.15, -0.1) is 0 Å². The van der Waals surface area contributed by atoms with Crippen LogP contribution in [0.2, 0.25) is 0 Å². The number of carboxylic acid groups (broad SMARTS) is 1.